The standard InChI is InChI=1S/C18H33N3O6/c1-8-11(2)14(16(24)19-6)21-15(23)12(9-10-13(22)26-7)20-17(25)27-18(3,4)5/h11-12,14H,8-10H2,1-7H3,(H,19,24)(H,20,25)(H,21,23)/t11-,12-,14-/m0/s1. The smallest absolute Gasteiger partial charge is 0.408 e. The Labute approximate surface area is 160 Å². The fraction of sp³-hybridized carbons (Fsp3) is 0.778. The summed E-state index contributed by atoms with van der Waals surface area (Å²) in [7, 11) is 2.72. The Balaban J connectivity index is 5.25. The number of esters is 1. The fourth-order valence-corrected chi connectivity index (χ4v) is 2.19. The molecule has 0 rings (SSSR count). The molecule has 0 saturated carbocycles. The zero-order chi connectivity index (χ0) is 21.2. The zero-order valence-corrected chi connectivity index (χ0v) is 17.3. The molecule has 9 nitrogen and oxygen atoms in total. The summed E-state index contributed by atoms with van der Waals surface area (Å²) in [6.07, 6.45) is -0.172. The summed E-state index contributed by atoms with van der Waals surface area (Å²) in [6, 6.07) is -1.80. The Morgan fingerprint density at radius 3 is 2.07 bits per heavy atom. The number of hydrogen-bond donors (Lipinski definition) is 3. The highest BCUT2D eigenvalue weighted by molar-refractivity contribution is 5.91. The molecular weight excluding hydrogens is 354 g/mol. The van der Waals surface area contributed by atoms with Crippen molar-refractivity contribution < 1.29 is 28.7 Å². The number of carbonyl (C=O) groups excluding carboxylic acids is 4. The Bertz CT molecular complexity index is 530. The molecule has 156 valence electrons. The first kappa shape index (κ1) is 24.7. The number of nitrogens with one attached hydrogen (secondary N) is 3. The molecule has 0 aromatic heterocycles. The maximum Gasteiger partial charge on any atom is 0.408 e. The molecule has 27 heavy (non-hydrogen) atoms. The number of hydrogen-bond acceptors (Lipinski definition) is 6. The van der Waals surface area contributed by atoms with E-state index in [2.05, 4.69) is 20.7 Å². The number of amides is 3. The van der Waals surface area contributed by atoms with Gasteiger partial charge in [0.1, 0.15) is 17.7 Å². The van der Waals surface area contributed by atoms with Crippen molar-refractivity contribution in [3.8, 4) is 0 Å². The van der Waals surface area contributed by atoms with Crippen molar-refractivity contribution in [1.82, 2.24) is 16.0 Å². The molecule has 0 aromatic carbocycles. The highest BCUT2D eigenvalue weighted by Gasteiger charge is 2.30. The predicted octanol–water partition coefficient (Wildman–Crippen LogP) is 1.11. The van der Waals surface area contributed by atoms with Crippen LogP contribution in [0.5, 0.6) is 0 Å². The molecule has 3 N–H and O–H groups in total. The summed E-state index contributed by atoms with van der Waals surface area (Å²) < 4.78 is 9.75. The van der Waals surface area contributed by atoms with Crippen molar-refractivity contribution in [2.24, 2.45) is 5.92 Å². The molecule has 0 aliphatic carbocycles. The third-order valence-corrected chi connectivity index (χ3v) is 3.91. The number of carbonyl (C=O) groups is 4. The third kappa shape index (κ3) is 9.81. The third-order valence-electron chi connectivity index (χ3n) is 3.91. The van der Waals surface area contributed by atoms with Crippen molar-refractivity contribution >= 4 is 23.9 Å². The first-order valence-corrected chi connectivity index (χ1v) is 9.03. The lowest BCUT2D eigenvalue weighted by atomic mass is 9.97. The second-order valence-corrected chi connectivity index (χ2v) is 7.30. The van der Waals surface area contributed by atoms with E-state index in [-0.39, 0.29) is 24.7 Å². The largest absolute Gasteiger partial charge is 0.469 e. The van der Waals surface area contributed by atoms with Gasteiger partial charge < -0.3 is 25.4 Å². The van der Waals surface area contributed by atoms with Crippen LogP contribution in [-0.4, -0.2) is 55.7 Å². The van der Waals surface area contributed by atoms with Gasteiger partial charge in [-0.05, 0) is 33.1 Å². The van der Waals surface area contributed by atoms with Gasteiger partial charge in [-0.1, -0.05) is 20.3 Å². The summed E-state index contributed by atoms with van der Waals surface area (Å²) in [6.45, 7) is 8.83. The van der Waals surface area contributed by atoms with Crippen molar-refractivity contribution in [3.63, 3.8) is 0 Å². The second kappa shape index (κ2) is 11.4. The van der Waals surface area contributed by atoms with Gasteiger partial charge in [0.15, 0.2) is 0 Å². The fourth-order valence-electron chi connectivity index (χ4n) is 2.19. The number of ether oxygens (including phenoxy) is 2. The lowest BCUT2D eigenvalue weighted by Crippen LogP contribution is -2.55. The van der Waals surface area contributed by atoms with E-state index in [0.29, 0.717) is 6.42 Å². The molecule has 0 aromatic rings. The van der Waals surface area contributed by atoms with Crippen molar-refractivity contribution in [2.45, 2.75) is 71.6 Å². The van der Waals surface area contributed by atoms with Gasteiger partial charge in [-0.2, -0.15) is 0 Å². The molecule has 0 heterocycles. The minimum atomic E-state index is -1.05. The molecule has 0 aliphatic heterocycles. The molecule has 0 saturated heterocycles. The van der Waals surface area contributed by atoms with E-state index in [1.54, 1.807) is 20.8 Å². The van der Waals surface area contributed by atoms with Crippen LogP contribution < -0.4 is 16.0 Å². The first-order valence-electron chi connectivity index (χ1n) is 9.03. The highest BCUT2D eigenvalue weighted by Crippen LogP contribution is 2.11. The minimum absolute atomic E-state index is 0.0126. The lowest BCUT2D eigenvalue weighted by Gasteiger charge is -2.27. The molecule has 0 radical (unpaired) electrons. The van der Waals surface area contributed by atoms with Gasteiger partial charge in [0, 0.05) is 13.5 Å². The van der Waals surface area contributed by atoms with Gasteiger partial charge in [-0.15, -0.1) is 0 Å². The molecule has 0 spiro atoms. The summed E-state index contributed by atoms with van der Waals surface area (Å²) in [5, 5.41) is 7.63. The van der Waals surface area contributed by atoms with E-state index < -0.39 is 35.7 Å². The van der Waals surface area contributed by atoms with Crippen LogP contribution in [0.2, 0.25) is 0 Å². The van der Waals surface area contributed by atoms with Crippen molar-refractivity contribution in [3.05, 3.63) is 0 Å². The molecule has 0 bridgehead atoms. The van der Waals surface area contributed by atoms with Crippen LogP contribution in [0.3, 0.4) is 0 Å². The molecule has 0 fully saturated rings. The van der Waals surface area contributed by atoms with E-state index >= 15 is 0 Å². The quantitative estimate of drug-likeness (QED) is 0.509. The van der Waals surface area contributed by atoms with Gasteiger partial charge in [-0.3, -0.25) is 14.4 Å². The molecular formula is C18H33N3O6. The van der Waals surface area contributed by atoms with Crippen molar-refractivity contribution in [2.75, 3.05) is 14.2 Å². The van der Waals surface area contributed by atoms with Gasteiger partial charge in [0.2, 0.25) is 11.8 Å². The number of likely N-dealkylation sites (N-methyl/N-ethyl adjacent to an activating group) is 1. The lowest BCUT2D eigenvalue weighted by molar-refractivity contribution is -0.141. The maximum absolute atomic E-state index is 12.7. The van der Waals surface area contributed by atoms with E-state index in [1.807, 2.05) is 13.8 Å². The van der Waals surface area contributed by atoms with Crippen LogP contribution in [0.1, 0.15) is 53.9 Å². The SMILES string of the molecule is CC[C@H](C)[C@H](NC(=O)[C@H](CCC(=O)OC)NC(=O)OC(C)(C)C)C(=O)NC. The van der Waals surface area contributed by atoms with Crippen LogP contribution in [-0.2, 0) is 23.9 Å². The average molecular weight is 387 g/mol. The van der Waals surface area contributed by atoms with Crippen molar-refractivity contribution in [1.29, 1.82) is 0 Å². The number of methoxy groups -OCH3 is 1. The molecule has 9 heteroatoms. The Morgan fingerprint density at radius 2 is 1.63 bits per heavy atom. The number of alkyl carbamates (subject to hydrolysis) is 1. The van der Waals surface area contributed by atoms with Gasteiger partial charge in [0.05, 0.1) is 7.11 Å². The summed E-state index contributed by atoms with van der Waals surface area (Å²) in [5.41, 5.74) is -0.741. The van der Waals surface area contributed by atoms with E-state index in [4.69, 9.17) is 4.74 Å². The van der Waals surface area contributed by atoms with Crippen LogP contribution >= 0.6 is 0 Å². The Morgan fingerprint density at radius 1 is 1.04 bits per heavy atom. The van der Waals surface area contributed by atoms with Gasteiger partial charge in [-0.25, -0.2) is 4.79 Å². The maximum atomic E-state index is 12.7. The number of rotatable bonds is 9. The Kier molecular flexibility index (Phi) is 10.4. The molecule has 3 amide bonds. The topological polar surface area (TPSA) is 123 Å². The highest BCUT2D eigenvalue weighted by atomic mass is 16.6. The summed E-state index contributed by atoms with van der Waals surface area (Å²) in [4.78, 5) is 48.2. The van der Waals surface area contributed by atoms with Gasteiger partial charge >= 0.3 is 12.1 Å². The van der Waals surface area contributed by atoms with E-state index in [1.165, 1.54) is 14.2 Å². The molecule has 0 unspecified atom stereocenters. The summed E-state index contributed by atoms with van der Waals surface area (Å²) in [5.74, 6) is -1.53. The van der Waals surface area contributed by atoms with Crippen LogP contribution in [0.25, 0.3) is 0 Å². The zero-order valence-electron chi connectivity index (χ0n) is 17.3. The summed E-state index contributed by atoms with van der Waals surface area (Å²) >= 11 is 0. The first-order chi connectivity index (χ1) is 12.4. The normalized spacial score (nSPS) is 14.3. The van der Waals surface area contributed by atoms with Crippen LogP contribution in [0.4, 0.5) is 4.79 Å². The second-order valence-electron chi connectivity index (χ2n) is 7.30. The van der Waals surface area contributed by atoms with E-state index in [9.17, 15) is 19.2 Å². The van der Waals surface area contributed by atoms with Gasteiger partial charge in [0.25, 0.3) is 0 Å². The average Bonchev–Trinajstić information content (AvgIpc) is 2.59. The monoisotopic (exact) mass is 387 g/mol. The van der Waals surface area contributed by atoms with E-state index in [0.717, 1.165) is 0 Å². The van der Waals surface area contributed by atoms with Crippen LogP contribution in [0, 0.1) is 5.92 Å². The molecule has 3 atom stereocenters. The Hall–Kier alpha value is -2.32. The minimum Gasteiger partial charge on any atom is -0.469 e. The predicted molar refractivity (Wildman–Crippen MR) is 99.9 cm³/mol. The molecule has 0 aliphatic rings. The van der Waals surface area contributed by atoms with Crippen LogP contribution in [0.15, 0.2) is 0 Å².